The number of amides is 2. The minimum Gasteiger partial charge on any atom is -0.360 e. The fourth-order valence-electron chi connectivity index (χ4n) is 5.32. The molecule has 0 saturated carbocycles. The standard InChI is InChI=1S/C25H30B3N4O2/c1-2-19(20-10-6-7-11-21(20)28-27)23(26)30-22(33)16-31-14-12-25(13-15-31)24(34)29-17-32(25)18-8-4-3-5-9-18/h3-11,19,23H,2,12-17H2,1H3,(H,29,34)(H,30,33). The van der Waals surface area contributed by atoms with Gasteiger partial charge < -0.3 is 15.5 Å². The van der Waals surface area contributed by atoms with Crippen molar-refractivity contribution in [3.63, 3.8) is 0 Å². The van der Waals surface area contributed by atoms with Crippen LogP contribution in [0.3, 0.4) is 0 Å². The Hall–Kier alpha value is -2.67. The molecular formula is C25H30B3N4O2. The van der Waals surface area contributed by atoms with Gasteiger partial charge in [0.25, 0.3) is 0 Å². The van der Waals surface area contributed by atoms with Crippen LogP contribution >= 0.6 is 0 Å². The minimum absolute atomic E-state index is 0.0359. The van der Waals surface area contributed by atoms with Crippen LogP contribution in [0.5, 0.6) is 0 Å². The van der Waals surface area contributed by atoms with Gasteiger partial charge in [-0.3, -0.25) is 14.5 Å². The van der Waals surface area contributed by atoms with Gasteiger partial charge in [0.1, 0.15) is 5.54 Å². The number of rotatable bonds is 8. The molecule has 171 valence electrons. The number of para-hydroxylation sites is 1. The second kappa shape index (κ2) is 10.7. The lowest BCUT2D eigenvalue weighted by atomic mass is 9.49. The highest BCUT2D eigenvalue weighted by molar-refractivity contribution is 6.97. The second-order valence-electron chi connectivity index (χ2n) is 9.14. The van der Waals surface area contributed by atoms with Crippen molar-refractivity contribution in [2.75, 3.05) is 31.2 Å². The lowest BCUT2D eigenvalue weighted by Gasteiger charge is -2.43. The molecule has 2 saturated heterocycles. The summed E-state index contributed by atoms with van der Waals surface area (Å²) in [6, 6.07) is 17.9. The molecule has 2 aliphatic rings. The van der Waals surface area contributed by atoms with Gasteiger partial charge in [-0.15, -0.1) is 0 Å². The number of hydrogen-bond acceptors (Lipinski definition) is 4. The van der Waals surface area contributed by atoms with Crippen molar-refractivity contribution in [3.8, 4) is 0 Å². The molecule has 2 aliphatic heterocycles. The molecule has 1 spiro atoms. The van der Waals surface area contributed by atoms with E-state index >= 15 is 0 Å². The maximum absolute atomic E-state index is 12.8. The number of nitrogens with zero attached hydrogens (tertiary/aromatic N) is 2. The number of anilines is 1. The van der Waals surface area contributed by atoms with Gasteiger partial charge in [-0.05, 0) is 43.3 Å². The van der Waals surface area contributed by atoms with Crippen molar-refractivity contribution in [1.29, 1.82) is 0 Å². The van der Waals surface area contributed by atoms with Gasteiger partial charge >= 0.3 is 0 Å². The summed E-state index contributed by atoms with van der Waals surface area (Å²) >= 11 is 0. The van der Waals surface area contributed by atoms with Crippen LogP contribution in [0.4, 0.5) is 5.69 Å². The first kappa shape index (κ1) is 24.5. The molecule has 34 heavy (non-hydrogen) atoms. The van der Waals surface area contributed by atoms with E-state index in [1.165, 1.54) is 0 Å². The monoisotopic (exact) mass is 451 g/mol. The van der Waals surface area contributed by atoms with Gasteiger partial charge in [-0.1, -0.05) is 60.4 Å². The van der Waals surface area contributed by atoms with E-state index in [4.69, 9.17) is 15.6 Å². The van der Waals surface area contributed by atoms with E-state index in [9.17, 15) is 9.59 Å². The molecule has 2 unspecified atom stereocenters. The van der Waals surface area contributed by atoms with E-state index < -0.39 is 11.5 Å². The zero-order chi connectivity index (χ0) is 24.1. The molecule has 0 bridgehead atoms. The third kappa shape index (κ3) is 4.90. The number of carbonyl (C=O) groups is 2. The van der Waals surface area contributed by atoms with Crippen LogP contribution in [0.25, 0.3) is 0 Å². The molecule has 2 aromatic rings. The number of carbonyl (C=O) groups excluding carboxylic acids is 2. The van der Waals surface area contributed by atoms with Crippen molar-refractivity contribution < 1.29 is 9.59 Å². The lowest BCUT2D eigenvalue weighted by Crippen LogP contribution is -2.57. The summed E-state index contributed by atoms with van der Waals surface area (Å²) in [5, 5.41) is 6.00. The summed E-state index contributed by atoms with van der Waals surface area (Å²) in [5.41, 5.74) is 2.45. The van der Waals surface area contributed by atoms with E-state index in [2.05, 4.69) is 27.4 Å². The molecule has 2 amide bonds. The van der Waals surface area contributed by atoms with Crippen LogP contribution in [-0.4, -0.2) is 77.3 Å². The summed E-state index contributed by atoms with van der Waals surface area (Å²) < 4.78 is 0. The maximum Gasteiger partial charge on any atom is 0.247 e. The second-order valence-corrected chi connectivity index (χ2v) is 9.14. The molecule has 9 heteroatoms. The Kier molecular flexibility index (Phi) is 7.72. The number of benzene rings is 2. The third-order valence-corrected chi connectivity index (χ3v) is 7.23. The molecule has 2 N–H and O–H groups in total. The van der Waals surface area contributed by atoms with Gasteiger partial charge in [-0.2, -0.15) is 0 Å². The molecule has 0 aromatic heterocycles. The van der Waals surface area contributed by atoms with E-state index in [0.717, 1.165) is 23.1 Å². The molecule has 0 aliphatic carbocycles. The van der Waals surface area contributed by atoms with Crippen molar-refractivity contribution in [1.82, 2.24) is 15.5 Å². The smallest absolute Gasteiger partial charge is 0.247 e. The SMILES string of the molecule is [B][B]c1ccccc1C(CC)C([B])NC(=O)CN1CCC2(CC1)C(=O)NCN2c1ccccc1. The largest absolute Gasteiger partial charge is 0.360 e. The summed E-state index contributed by atoms with van der Waals surface area (Å²) in [4.78, 5) is 29.9. The third-order valence-electron chi connectivity index (χ3n) is 7.23. The van der Waals surface area contributed by atoms with Crippen LogP contribution < -0.4 is 21.0 Å². The highest BCUT2D eigenvalue weighted by Crippen LogP contribution is 2.36. The van der Waals surface area contributed by atoms with Crippen molar-refractivity contribution >= 4 is 45.7 Å². The Morgan fingerprint density at radius 2 is 1.82 bits per heavy atom. The fourth-order valence-corrected chi connectivity index (χ4v) is 5.32. The van der Waals surface area contributed by atoms with Crippen LogP contribution in [0, 0.1) is 0 Å². The predicted octanol–water partition coefficient (Wildman–Crippen LogP) is 0.633. The Bertz CT molecular complexity index is 999. The molecule has 4 rings (SSSR count). The van der Waals surface area contributed by atoms with Crippen molar-refractivity contribution in [2.24, 2.45) is 0 Å². The van der Waals surface area contributed by atoms with Crippen LogP contribution in [0.1, 0.15) is 37.7 Å². The Morgan fingerprint density at radius 3 is 2.50 bits per heavy atom. The minimum atomic E-state index is -0.555. The fraction of sp³-hybridized carbons (Fsp3) is 0.440. The average Bonchev–Trinajstić information content (AvgIpc) is 3.17. The topological polar surface area (TPSA) is 64.7 Å². The van der Waals surface area contributed by atoms with E-state index in [1.54, 1.807) is 7.17 Å². The molecule has 2 atom stereocenters. The Balaban J connectivity index is 1.35. The van der Waals surface area contributed by atoms with Crippen LogP contribution in [0.15, 0.2) is 54.6 Å². The summed E-state index contributed by atoms with van der Waals surface area (Å²) in [6.45, 7) is 4.17. The lowest BCUT2D eigenvalue weighted by molar-refractivity contribution is -0.125. The first-order valence-corrected chi connectivity index (χ1v) is 12.0. The molecule has 6 nitrogen and oxygen atoms in total. The summed E-state index contributed by atoms with van der Waals surface area (Å²) in [5.74, 6) is -0.578. The molecular weight excluding hydrogens is 421 g/mol. The van der Waals surface area contributed by atoms with E-state index in [1.807, 2.05) is 54.6 Å². The highest BCUT2D eigenvalue weighted by atomic mass is 16.2. The average molecular weight is 451 g/mol. The number of likely N-dealkylation sites (tertiary alicyclic amines) is 1. The molecule has 2 fully saturated rings. The van der Waals surface area contributed by atoms with Gasteiger partial charge in [-0.25, -0.2) is 0 Å². The molecule has 2 aromatic carbocycles. The zero-order valence-electron chi connectivity index (χ0n) is 19.7. The van der Waals surface area contributed by atoms with Crippen LogP contribution in [-0.2, 0) is 9.59 Å². The van der Waals surface area contributed by atoms with E-state index in [-0.39, 0.29) is 24.3 Å². The number of nitrogens with one attached hydrogen (secondary N) is 2. The first-order valence-electron chi connectivity index (χ1n) is 12.0. The number of hydrogen-bond donors (Lipinski definition) is 2. The van der Waals surface area contributed by atoms with Crippen molar-refractivity contribution in [2.45, 2.75) is 43.6 Å². The van der Waals surface area contributed by atoms with Gasteiger partial charge in [0, 0.05) is 26.5 Å². The quantitative estimate of drug-likeness (QED) is 0.579. The molecule has 2 heterocycles. The normalized spacial score (nSPS) is 19.4. The van der Waals surface area contributed by atoms with Crippen molar-refractivity contribution in [3.05, 3.63) is 60.2 Å². The van der Waals surface area contributed by atoms with Gasteiger partial charge in [0.15, 0.2) is 0 Å². The maximum atomic E-state index is 12.8. The van der Waals surface area contributed by atoms with E-state index in [0.29, 0.717) is 32.6 Å². The summed E-state index contributed by atoms with van der Waals surface area (Å²) in [7, 11) is 13.8. The molecule has 5 radical (unpaired) electrons. The summed E-state index contributed by atoms with van der Waals surface area (Å²) in [6.07, 6.45) is 2.12. The Morgan fingerprint density at radius 1 is 1.15 bits per heavy atom. The van der Waals surface area contributed by atoms with Gasteiger partial charge in [0.05, 0.1) is 28.2 Å². The predicted molar refractivity (Wildman–Crippen MR) is 139 cm³/mol. The number of piperidine rings is 1. The van der Waals surface area contributed by atoms with Crippen LogP contribution in [0.2, 0.25) is 0 Å². The first-order chi connectivity index (χ1) is 16.5. The highest BCUT2D eigenvalue weighted by Gasteiger charge is 2.50. The zero-order valence-corrected chi connectivity index (χ0v) is 19.7. The Labute approximate surface area is 205 Å². The van der Waals surface area contributed by atoms with Gasteiger partial charge in [0.2, 0.25) is 11.8 Å².